The first-order chi connectivity index (χ1) is 8.56. The lowest BCUT2D eigenvalue weighted by Crippen LogP contribution is -2.10. The standard InChI is InChI=1S/C14H20N2O2/c1-5-7-16-8-6-15-14(16)13(17)12-9(2)10(3)18-11(12)4/h6,8,13,17H,5,7H2,1-4H3. The number of aromatic nitrogens is 2. The van der Waals surface area contributed by atoms with Gasteiger partial charge in [0.1, 0.15) is 23.4 Å². The van der Waals surface area contributed by atoms with Crippen molar-refractivity contribution < 1.29 is 9.52 Å². The molecule has 0 aliphatic rings. The van der Waals surface area contributed by atoms with E-state index in [0.29, 0.717) is 5.82 Å². The van der Waals surface area contributed by atoms with Crippen molar-refractivity contribution in [1.82, 2.24) is 9.55 Å². The first-order valence-corrected chi connectivity index (χ1v) is 6.31. The smallest absolute Gasteiger partial charge is 0.142 e. The van der Waals surface area contributed by atoms with E-state index in [-0.39, 0.29) is 0 Å². The minimum absolute atomic E-state index is 0.684. The molecule has 2 aromatic heterocycles. The van der Waals surface area contributed by atoms with Gasteiger partial charge in [-0.2, -0.15) is 0 Å². The number of furan rings is 1. The lowest BCUT2D eigenvalue weighted by atomic mass is 10.0. The van der Waals surface area contributed by atoms with Crippen molar-refractivity contribution in [3.8, 4) is 0 Å². The summed E-state index contributed by atoms with van der Waals surface area (Å²) in [6.07, 6.45) is 3.92. The van der Waals surface area contributed by atoms with Gasteiger partial charge in [-0.1, -0.05) is 6.92 Å². The van der Waals surface area contributed by atoms with Gasteiger partial charge in [0.05, 0.1) is 0 Å². The molecular weight excluding hydrogens is 228 g/mol. The number of nitrogens with zero attached hydrogens (tertiary/aromatic N) is 2. The van der Waals surface area contributed by atoms with Crippen molar-refractivity contribution in [3.05, 3.63) is 40.9 Å². The van der Waals surface area contributed by atoms with Gasteiger partial charge in [-0.3, -0.25) is 0 Å². The number of hydrogen-bond acceptors (Lipinski definition) is 3. The van der Waals surface area contributed by atoms with E-state index in [0.717, 1.165) is 35.6 Å². The number of aliphatic hydroxyl groups is 1. The van der Waals surface area contributed by atoms with E-state index in [9.17, 15) is 5.11 Å². The van der Waals surface area contributed by atoms with Gasteiger partial charge in [0.2, 0.25) is 0 Å². The Labute approximate surface area is 107 Å². The molecule has 2 rings (SSSR count). The van der Waals surface area contributed by atoms with E-state index in [1.165, 1.54) is 0 Å². The van der Waals surface area contributed by atoms with Crippen molar-refractivity contribution in [2.45, 2.75) is 46.8 Å². The summed E-state index contributed by atoms with van der Waals surface area (Å²) in [5.74, 6) is 2.31. The molecule has 0 saturated heterocycles. The molecule has 1 N–H and O–H groups in total. The third-order valence-electron chi connectivity index (χ3n) is 3.35. The van der Waals surface area contributed by atoms with Crippen LogP contribution in [0.3, 0.4) is 0 Å². The summed E-state index contributed by atoms with van der Waals surface area (Å²) in [7, 11) is 0. The highest BCUT2D eigenvalue weighted by Gasteiger charge is 2.23. The Hall–Kier alpha value is -1.55. The normalized spacial score (nSPS) is 12.9. The molecule has 2 aromatic rings. The first kappa shape index (κ1) is 12.9. The Morgan fingerprint density at radius 2 is 2.06 bits per heavy atom. The van der Waals surface area contributed by atoms with Gasteiger partial charge in [-0.25, -0.2) is 4.98 Å². The summed E-state index contributed by atoms with van der Waals surface area (Å²) in [6, 6.07) is 0. The van der Waals surface area contributed by atoms with Crippen molar-refractivity contribution in [1.29, 1.82) is 0 Å². The monoisotopic (exact) mass is 248 g/mol. The number of aliphatic hydroxyl groups excluding tert-OH is 1. The van der Waals surface area contributed by atoms with Crippen LogP contribution in [0.25, 0.3) is 0 Å². The SMILES string of the molecule is CCCn1ccnc1C(O)c1c(C)oc(C)c1C. The number of rotatable bonds is 4. The Morgan fingerprint density at radius 1 is 1.33 bits per heavy atom. The molecule has 4 nitrogen and oxygen atoms in total. The molecule has 0 bridgehead atoms. The van der Waals surface area contributed by atoms with Crippen molar-refractivity contribution in [3.63, 3.8) is 0 Å². The van der Waals surface area contributed by atoms with Gasteiger partial charge >= 0.3 is 0 Å². The molecular formula is C14H20N2O2. The average molecular weight is 248 g/mol. The Kier molecular flexibility index (Phi) is 3.57. The Bertz CT molecular complexity index is 540. The lowest BCUT2D eigenvalue weighted by Gasteiger charge is -2.13. The highest BCUT2D eigenvalue weighted by Crippen LogP contribution is 2.30. The predicted octanol–water partition coefficient (Wildman–Crippen LogP) is 2.89. The van der Waals surface area contributed by atoms with E-state index in [1.807, 2.05) is 31.5 Å². The summed E-state index contributed by atoms with van der Waals surface area (Å²) in [5.41, 5.74) is 1.85. The molecule has 0 amide bonds. The zero-order valence-corrected chi connectivity index (χ0v) is 11.4. The quantitative estimate of drug-likeness (QED) is 0.905. The highest BCUT2D eigenvalue weighted by molar-refractivity contribution is 5.36. The predicted molar refractivity (Wildman–Crippen MR) is 69.5 cm³/mol. The maximum atomic E-state index is 10.5. The van der Waals surface area contributed by atoms with Crippen LogP contribution < -0.4 is 0 Å². The summed E-state index contributed by atoms with van der Waals surface area (Å²) in [4.78, 5) is 4.27. The number of imidazole rings is 1. The minimum atomic E-state index is -0.719. The van der Waals surface area contributed by atoms with E-state index in [1.54, 1.807) is 6.20 Å². The van der Waals surface area contributed by atoms with Crippen LogP contribution in [-0.4, -0.2) is 14.7 Å². The Morgan fingerprint density at radius 3 is 2.61 bits per heavy atom. The van der Waals surface area contributed by atoms with Crippen molar-refractivity contribution >= 4 is 0 Å². The molecule has 98 valence electrons. The van der Waals surface area contributed by atoms with Crippen LogP contribution >= 0.6 is 0 Å². The summed E-state index contributed by atoms with van der Waals surface area (Å²) >= 11 is 0. The summed E-state index contributed by atoms with van der Waals surface area (Å²) in [5, 5.41) is 10.5. The molecule has 1 atom stereocenters. The van der Waals surface area contributed by atoms with Crippen molar-refractivity contribution in [2.75, 3.05) is 0 Å². The van der Waals surface area contributed by atoms with Crippen LogP contribution in [-0.2, 0) is 6.54 Å². The van der Waals surface area contributed by atoms with E-state index in [4.69, 9.17) is 4.42 Å². The molecule has 18 heavy (non-hydrogen) atoms. The zero-order valence-electron chi connectivity index (χ0n) is 11.4. The van der Waals surface area contributed by atoms with Crippen LogP contribution in [0.5, 0.6) is 0 Å². The minimum Gasteiger partial charge on any atom is -0.466 e. The molecule has 0 aromatic carbocycles. The second kappa shape index (κ2) is 4.98. The molecule has 0 radical (unpaired) electrons. The zero-order chi connectivity index (χ0) is 13.3. The molecule has 0 fully saturated rings. The molecule has 0 saturated carbocycles. The maximum absolute atomic E-state index is 10.5. The third-order valence-corrected chi connectivity index (χ3v) is 3.35. The fraction of sp³-hybridized carbons (Fsp3) is 0.500. The molecule has 0 aliphatic heterocycles. The second-order valence-electron chi connectivity index (χ2n) is 4.63. The van der Waals surface area contributed by atoms with Gasteiger partial charge in [0.15, 0.2) is 0 Å². The summed E-state index contributed by atoms with van der Waals surface area (Å²) < 4.78 is 7.56. The van der Waals surface area contributed by atoms with Crippen LogP contribution in [0.1, 0.15) is 47.9 Å². The number of aryl methyl sites for hydroxylation is 3. The average Bonchev–Trinajstić information content (AvgIpc) is 2.86. The molecule has 2 heterocycles. The summed E-state index contributed by atoms with van der Waals surface area (Å²) in [6.45, 7) is 8.73. The topological polar surface area (TPSA) is 51.2 Å². The molecule has 4 heteroatoms. The van der Waals surface area contributed by atoms with Gasteiger partial charge in [-0.05, 0) is 32.8 Å². The van der Waals surface area contributed by atoms with Crippen LogP contribution in [0.15, 0.2) is 16.8 Å². The van der Waals surface area contributed by atoms with E-state index in [2.05, 4.69) is 11.9 Å². The first-order valence-electron chi connectivity index (χ1n) is 6.31. The van der Waals surface area contributed by atoms with Crippen LogP contribution in [0, 0.1) is 20.8 Å². The molecule has 1 unspecified atom stereocenters. The second-order valence-corrected chi connectivity index (χ2v) is 4.63. The largest absolute Gasteiger partial charge is 0.466 e. The fourth-order valence-corrected chi connectivity index (χ4v) is 2.34. The number of hydrogen-bond donors (Lipinski definition) is 1. The highest BCUT2D eigenvalue weighted by atomic mass is 16.3. The molecule has 0 aliphatic carbocycles. The van der Waals surface area contributed by atoms with Gasteiger partial charge < -0.3 is 14.1 Å². The van der Waals surface area contributed by atoms with Gasteiger partial charge in [-0.15, -0.1) is 0 Å². The van der Waals surface area contributed by atoms with Crippen LogP contribution in [0.4, 0.5) is 0 Å². The van der Waals surface area contributed by atoms with Crippen molar-refractivity contribution in [2.24, 2.45) is 0 Å². The van der Waals surface area contributed by atoms with Gasteiger partial charge in [0.25, 0.3) is 0 Å². The van der Waals surface area contributed by atoms with E-state index < -0.39 is 6.10 Å². The lowest BCUT2D eigenvalue weighted by molar-refractivity contribution is 0.201. The fourth-order valence-electron chi connectivity index (χ4n) is 2.34. The Balaban J connectivity index is 2.41. The third kappa shape index (κ3) is 2.08. The van der Waals surface area contributed by atoms with Crippen LogP contribution in [0.2, 0.25) is 0 Å². The molecule has 0 spiro atoms. The van der Waals surface area contributed by atoms with Gasteiger partial charge in [0, 0.05) is 24.5 Å². The van der Waals surface area contributed by atoms with E-state index >= 15 is 0 Å². The maximum Gasteiger partial charge on any atom is 0.142 e.